The number of nitrogens with one attached hydrogen (secondary N) is 1. The molecular formula is C16H25BrN2O. The third-order valence-electron chi connectivity index (χ3n) is 2.85. The van der Waals surface area contributed by atoms with Gasteiger partial charge in [0.2, 0.25) is 0 Å². The summed E-state index contributed by atoms with van der Waals surface area (Å²) in [5.74, 6) is 0.950. The van der Waals surface area contributed by atoms with Crippen molar-refractivity contribution in [1.82, 2.24) is 10.2 Å². The van der Waals surface area contributed by atoms with Gasteiger partial charge in [-0.15, -0.1) is 0 Å². The average Bonchev–Trinajstić information content (AvgIpc) is 2.35. The second-order valence-electron chi connectivity index (χ2n) is 5.94. The predicted octanol–water partition coefficient (Wildman–Crippen LogP) is 4.27. The first-order valence-electron chi connectivity index (χ1n) is 7.16. The Kier molecular flexibility index (Phi) is 7.06. The second kappa shape index (κ2) is 8.30. The molecule has 3 nitrogen and oxygen atoms in total. The number of halogens is 1. The zero-order valence-corrected chi connectivity index (χ0v) is 14.4. The van der Waals surface area contributed by atoms with Gasteiger partial charge in [-0.1, -0.05) is 61.8 Å². The van der Waals surface area contributed by atoms with Crippen molar-refractivity contribution in [2.45, 2.75) is 34.2 Å². The van der Waals surface area contributed by atoms with Crippen LogP contribution in [-0.4, -0.2) is 24.0 Å². The Bertz CT molecular complexity index is 422. The van der Waals surface area contributed by atoms with Crippen LogP contribution < -0.4 is 5.32 Å². The number of urea groups is 1. The Morgan fingerprint density at radius 3 is 2.20 bits per heavy atom. The first-order valence-corrected chi connectivity index (χ1v) is 7.95. The van der Waals surface area contributed by atoms with Gasteiger partial charge in [-0.2, -0.15) is 0 Å². The van der Waals surface area contributed by atoms with Crippen LogP contribution in [0.5, 0.6) is 0 Å². The van der Waals surface area contributed by atoms with Crippen LogP contribution in [0.15, 0.2) is 28.7 Å². The van der Waals surface area contributed by atoms with Crippen LogP contribution >= 0.6 is 15.9 Å². The fourth-order valence-corrected chi connectivity index (χ4v) is 2.47. The van der Waals surface area contributed by atoms with E-state index in [0.717, 1.165) is 23.1 Å². The Hall–Kier alpha value is -1.03. The molecule has 0 saturated heterocycles. The molecule has 0 bridgehead atoms. The molecule has 0 spiro atoms. The van der Waals surface area contributed by atoms with Crippen LogP contribution in [0.25, 0.3) is 0 Å². The summed E-state index contributed by atoms with van der Waals surface area (Å²) < 4.78 is 1.03. The lowest BCUT2D eigenvalue weighted by Gasteiger charge is -2.26. The van der Waals surface area contributed by atoms with Crippen molar-refractivity contribution in [2.24, 2.45) is 11.8 Å². The zero-order chi connectivity index (χ0) is 15.1. The molecule has 0 fully saturated rings. The van der Waals surface area contributed by atoms with E-state index in [1.54, 1.807) is 0 Å². The minimum absolute atomic E-state index is 0.0168. The van der Waals surface area contributed by atoms with Gasteiger partial charge in [0.1, 0.15) is 0 Å². The summed E-state index contributed by atoms with van der Waals surface area (Å²) in [6, 6.07) is 7.97. The molecular weight excluding hydrogens is 316 g/mol. The van der Waals surface area contributed by atoms with E-state index in [4.69, 9.17) is 0 Å². The summed E-state index contributed by atoms with van der Waals surface area (Å²) in [6.07, 6.45) is 0. The van der Waals surface area contributed by atoms with E-state index >= 15 is 0 Å². The van der Waals surface area contributed by atoms with Gasteiger partial charge < -0.3 is 10.2 Å². The molecule has 0 aliphatic carbocycles. The van der Waals surface area contributed by atoms with Crippen LogP contribution in [0.1, 0.15) is 33.3 Å². The predicted molar refractivity (Wildman–Crippen MR) is 87.6 cm³/mol. The van der Waals surface area contributed by atoms with Crippen molar-refractivity contribution in [3.05, 3.63) is 34.3 Å². The van der Waals surface area contributed by atoms with Gasteiger partial charge in [0.25, 0.3) is 0 Å². The molecule has 1 aromatic carbocycles. The minimum atomic E-state index is 0.0168. The van der Waals surface area contributed by atoms with E-state index in [-0.39, 0.29) is 6.03 Å². The van der Waals surface area contributed by atoms with E-state index in [2.05, 4.69) is 48.9 Å². The van der Waals surface area contributed by atoms with E-state index in [1.165, 1.54) is 0 Å². The standard InChI is InChI=1S/C16H25BrN2O/c1-12(2)10-19(11-13(3)4)16(20)18-9-14-7-5-6-8-15(14)17/h5-8,12-13H,9-11H2,1-4H3,(H,18,20). The highest BCUT2D eigenvalue weighted by Crippen LogP contribution is 2.15. The van der Waals surface area contributed by atoms with Gasteiger partial charge in [-0.05, 0) is 23.5 Å². The van der Waals surface area contributed by atoms with Crippen molar-refractivity contribution in [3.8, 4) is 0 Å². The molecule has 0 aromatic heterocycles. The second-order valence-corrected chi connectivity index (χ2v) is 6.80. The fourth-order valence-electron chi connectivity index (χ4n) is 2.05. The normalized spacial score (nSPS) is 10.9. The van der Waals surface area contributed by atoms with Gasteiger partial charge >= 0.3 is 6.03 Å². The molecule has 0 saturated carbocycles. The minimum Gasteiger partial charge on any atom is -0.334 e. The first-order chi connectivity index (χ1) is 9.40. The Labute approximate surface area is 130 Å². The summed E-state index contributed by atoms with van der Waals surface area (Å²) in [5, 5.41) is 3.01. The molecule has 0 aliphatic rings. The molecule has 0 unspecified atom stereocenters. The summed E-state index contributed by atoms with van der Waals surface area (Å²) in [6.45, 7) is 10.7. The summed E-state index contributed by atoms with van der Waals surface area (Å²) >= 11 is 3.50. The topological polar surface area (TPSA) is 32.3 Å². The van der Waals surface area contributed by atoms with E-state index in [9.17, 15) is 4.79 Å². The molecule has 0 atom stereocenters. The highest BCUT2D eigenvalue weighted by Gasteiger charge is 2.16. The quantitative estimate of drug-likeness (QED) is 0.823. The number of nitrogens with zero attached hydrogens (tertiary/aromatic N) is 1. The molecule has 1 rings (SSSR count). The Balaban J connectivity index is 2.59. The largest absolute Gasteiger partial charge is 0.334 e. The molecule has 20 heavy (non-hydrogen) atoms. The lowest BCUT2D eigenvalue weighted by Crippen LogP contribution is -2.43. The molecule has 1 aromatic rings. The fraction of sp³-hybridized carbons (Fsp3) is 0.562. The molecule has 1 N–H and O–H groups in total. The third-order valence-corrected chi connectivity index (χ3v) is 3.62. The SMILES string of the molecule is CC(C)CN(CC(C)C)C(=O)NCc1ccccc1Br. The monoisotopic (exact) mass is 340 g/mol. The molecule has 2 amide bonds. The highest BCUT2D eigenvalue weighted by atomic mass is 79.9. The van der Waals surface area contributed by atoms with Crippen LogP contribution in [-0.2, 0) is 6.54 Å². The van der Waals surface area contributed by atoms with Gasteiger partial charge in [-0.3, -0.25) is 0 Å². The lowest BCUT2D eigenvalue weighted by atomic mass is 10.1. The van der Waals surface area contributed by atoms with E-state index in [1.807, 2.05) is 29.2 Å². The maximum Gasteiger partial charge on any atom is 0.317 e. The molecule has 112 valence electrons. The lowest BCUT2D eigenvalue weighted by molar-refractivity contribution is 0.183. The number of amides is 2. The van der Waals surface area contributed by atoms with Gasteiger partial charge in [0, 0.05) is 24.1 Å². The average molecular weight is 341 g/mol. The number of benzene rings is 1. The van der Waals surface area contributed by atoms with E-state index in [0.29, 0.717) is 18.4 Å². The van der Waals surface area contributed by atoms with Crippen molar-refractivity contribution in [2.75, 3.05) is 13.1 Å². The van der Waals surface area contributed by atoms with Crippen molar-refractivity contribution < 1.29 is 4.79 Å². The highest BCUT2D eigenvalue weighted by molar-refractivity contribution is 9.10. The molecule has 0 aliphatic heterocycles. The van der Waals surface area contributed by atoms with Crippen molar-refractivity contribution in [3.63, 3.8) is 0 Å². The maximum absolute atomic E-state index is 12.3. The van der Waals surface area contributed by atoms with Crippen LogP contribution in [0.4, 0.5) is 4.79 Å². The van der Waals surface area contributed by atoms with Gasteiger partial charge in [-0.25, -0.2) is 4.79 Å². The number of hydrogen-bond acceptors (Lipinski definition) is 1. The Morgan fingerprint density at radius 2 is 1.70 bits per heavy atom. The van der Waals surface area contributed by atoms with Gasteiger partial charge in [0.15, 0.2) is 0 Å². The van der Waals surface area contributed by atoms with Crippen molar-refractivity contribution in [1.29, 1.82) is 0 Å². The van der Waals surface area contributed by atoms with Crippen LogP contribution in [0, 0.1) is 11.8 Å². The van der Waals surface area contributed by atoms with Crippen LogP contribution in [0.3, 0.4) is 0 Å². The summed E-state index contributed by atoms with van der Waals surface area (Å²) in [5.41, 5.74) is 1.09. The Morgan fingerprint density at radius 1 is 1.15 bits per heavy atom. The van der Waals surface area contributed by atoms with Crippen LogP contribution in [0.2, 0.25) is 0 Å². The number of carbonyl (C=O) groups is 1. The summed E-state index contributed by atoms with van der Waals surface area (Å²) in [4.78, 5) is 14.2. The first kappa shape index (κ1) is 17.0. The van der Waals surface area contributed by atoms with E-state index < -0.39 is 0 Å². The molecule has 0 radical (unpaired) electrons. The smallest absolute Gasteiger partial charge is 0.317 e. The van der Waals surface area contributed by atoms with Crippen molar-refractivity contribution >= 4 is 22.0 Å². The summed E-state index contributed by atoms with van der Waals surface area (Å²) in [7, 11) is 0. The van der Waals surface area contributed by atoms with Gasteiger partial charge in [0.05, 0.1) is 0 Å². The number of rotatable bonds is 6. The molecule has 4 heteroatoms. The zero-order valence-electron chi connectivity index (χ0n) is 12.8. The molecule has 0 heterocycles. The third kappa shape index (κ3) is 5.95. The number of carbonyl (C=O) groups excluding carboxylic acids is 1. The maximum atomic E-state index is 12.3. The number of hydrogen-bond donors (Lipinski definition) is 1.